The van der Waals surface area contributed by atoms with Gasteiger partial charge in [-0.1, -0.05) is 48.0 Å². The van der Waals surface area contributed by atoms with Crippen LogP contribution in [0.4, 0.5) is 23.1 Å². The Morgan fingerprint density at radius 2 is 1.83 bits per heavy atom. The first-order chi connectivity index (χ1) is 19.5. The molecule has 2 aliphatic rings. The van der Waals surface area contributed by atoms with Gasteiger partial charge in [-0.2, -0.15) is 4.31 Å². The van der Waals surface area contributed by atoms with E-state index < -0.39 is 40.1 Å². The normalized spacial score (nSPS) is 18.3. The number of carbonyl (C=O) groups excluding carboxylic acids is 2. The molecule has 2 heterocycles. The molecule has 2 aromatic rings. The van der Waals surface area contributed by atoms with Gasteiger partial charge in [0.25, 0.3) is 0 Å². The summed E-state index contributed by atoms with van der Waals surface area (Å²) in [6, 6.07) is 1.86. The third-order valence-electron chi connectivity index (χ3n) is 6.54. The van der Waals surface area contributed by atoms with E-state index in [2.05, 4.69) is 32.5 Å². The molecule has 16 heteroatoms. The van der Waals surface area contributed by atoms with Crippen LogP contribution in [-0.2, 0) is 14.8 Å². The van der Waals surface area contributed by atoms with Gasteiger partial charge in [-0.3, -0.25) is 10.1 Å². The Kier molecular flexibility index (Phi) is 9.65. The van der Waals surface area contributed by atoms with Gasteiger partial charge in [-0.25, -0.2) is 13.2 Å². The van der Waals surface area contributed by atoms with Crippen LogP contribution in [0, 0.1) is 0 Å². The quantitative estimate of drug-likeness (QED) is 0.438. The Morgan fingerprint density at radius 3 is 2.44 bits per heavy atom. The summed E-state index contributed by atoms with van der Waals surface area (Å²) in [6.07, 6.45) is 2.75. The van der Waals surface area contributed by atoms with Crippen molar-refractivity contribution < 1.29 is 35.9 Å². The van der Waals surface area contributed by atoms with Crippen molar-refractivity contribution in [3.8, 4) is 5.75 Å². The fourth-order valence-corrected chi connectivity index (χ4v) is 6.52. The number of nitrogens with zero attached hydrogens (tertiary/aromatic N) is 4. The first-order valence-corrected chi connectivity index (χ1v) is 15.1. The summed E-state index contributed by atoms with van der Waals surface area (Å²) >= 11 is 1.10. The molecule has 4 rings (SSSR count). The van der Waals surface area contributed by atoms with E-state index >= 15 is 0 Å². The van der Waals surface area contributed by atoms with Gasteiger partial charge in [0.2, 0.25) is 21.1 Å². The van der Waals surface area contributed by atoms with E-state index in [0.717, 1.165) is 71.2 Å². The number of rotatable bonds is 9. The van der Waals surface area contributed by atoms with Gasteiger partial charge in [0.1, 0.15) is 17.3 Å². The van der Waals surface area contributed by atoms with Crippen molar-refractivity contribution >= 4 is 38.4 Å². The lowest BCUT2D eigenvalue weighted by Gasteiger charge is -2.39. The van der Waals surface area contributed by atoms with Gasteiger partial charge < -0.3 is 15.0 Å². The third-order valence-corrected chi connectivity index (χ3v) is 9.07. The van der Waals surface area contributed by atoms with Crippen LogP contribution < -0.4 is 15.4 Å². The minimum absolute atomic E-state index is 0.0426. The van der Waals surface area contributed by atoms with E-state index in [1.165, 1.54) is 16.0 Å². The minimum atomic E-state index is -4.93. The average Bonchev–Trinajstić information content (AvgIpc) is 3.45. The first-order valence-electron chi connectivity index (χ1n) is 12.8. The lowest BCUT2D eigenvalue weighted by atomic mass is 9.95. The highest BCUT2D eigenvalue weighted by molar-refractivity contribution is 7.89. The fourth-order valence-electron chi connectivity index (χ4n) is 4.52. The molecule has 3 amide bonds. The lowest BCUT2D eigenvalue weighted by molar-refractivity contribution is -0.274. The van der Waals surface area contributed by atoms with E-state index in [1.807, 2.05) is 12.2 Å². The number of alkyl halides is 3. The van der Waals surface area contributed by atoms with Crippen molar-refractivity contribution in [2.24, 2.45) is 0 Å². The standard InChI is InChI=1S/C25H29F3N6O5S2/c1-2-3-17-4-6-18(7-5-17)14-29-22(35)21-15-33(24(36)31-23-32-30-16-40-23)12-13-34(21)41(37,38)20-10-8-19(9-11-20)39-25(26,27)28/h4,6,8-11,16,21H,2-3,5,7,12-15H2,1H3,(H,29,35)(H,31,32,36)/t21-/m1/s1. The molecule has 1 aromatic carbocycles. The largest absolute Gasteiger partial charge is 0.573 e. The SMILES string of the molecule is CCCC1=CC=C(CNC(=O)[C@H]2CN(C(=O)Nc3nncs3)CCN2S(=O)(=O)c2ccc(OC(F)(F)F)cc2)CC1. The molecule has 1 aliphatic heterocycles. The zero-order chi connectivity index (χ0) is 29.6. The number of halogens is 3. The number of piperazine rings is 1. The number of allylic oxidation sites excluding steroid dienone is 3. The maximum Gasteiger partial charge on any atom is 0.573 e. The van der Waals surface area contributed by atoms with Crippen LogP contribution in [0.15, 0.2) is 58.0 Å². The van der Waals surface area contributed by atoms with Crippen LogP contribution in [-0.4, -0.2) is 78.3 Å². The summed E-state index contributed by atoms with van der Waals surface area (Å²) < 4.78 is 69.5. The van der Waals surface area contributed by atoms with Crippen LogP contribution >= 0.6 is 11.3 Å². The summed E-state index contributed by atoms with van der Waals surface area (Å²) in [5, 5.41) is 13.0. The number of carbonyl (C=O) groups is 2. The van der Waals surface area contributed by atoms with Crippen LogP contribution in [0.25, 0.3) is 0 Å². The van der Waals surface area contributed by atoms with Gasteiger partial charge in [-0.15, -0.1) is 23.4 Å². The number of anilines is 1. The number of ether oxygens (including phenoxy) is 1. The second kappa shape index (κ2) is 13.0. The second-order valence-electron chi connectivity index (χ2n) is 9.39. The van der Waals surface area contributed by atoms with Crippen LogP contribution in [0.1, 0.15) is 32.6 Å². The maximum atomic E-state index is 13.6. The van der Waals surface area contributed by atoms with Crippen LogP contribution in [0.3, 0.4) is 0 Å². The predicted molar refractivity (Wildman–Crippen MR) is 145 cm³/mol. The van der Waals surface area contributed by atoms with E-state index in [4.69, 9.17) is 0 Å². The molecule has 0 unspecified atom stereocenters. The van der Waals surface area contributed by atoms with E-state index in [1.54, 1.807) is 0 Å². The summed E-state index contributed by atoms with van der Waals surface area (Å²) in [4.78, 5) is 27.2. The Hall–Kier alpha value is -3.50. The van der Waals surface area contributed by atoms with Crippen molar-refractivity contribution in [1.82, 2.24) is 24.7 Å². The fraction of sp³-hybridized carbons (Fsp3) is 0.440. The summed E-state index contributed by atoms with van der Waals surface area (Å²) in [7, 11) is -4.34. The summed E-state index contributed by atoms with van der Waals surface area (Å²) in [5.74, 6) is -1.19. The molecule has 2 N–H and O–H groups in total. The van der Waals surface area contributed by atoms with Crippen molar-refractivity contribution in [1.29, 1.82) is 0 Å². The van der Waals surface area contributed by atoms with Gasteiger partial charge in [0.15, 0.2) is 0 Å². The number of hydrogen-bond donors (Lipinski definition) is 2. The van der Waals surface area contributed by atoms with E-state index in [0.29, 0.717) is 0 Å². The molecular formula is C25H29F3N6O5S2. The molecule has 1 aromatic heterocycles. The number of urea groups is 1. The zero-order valence-electron chi connectivity index (χ0n) is 22.1. The summed E-state index contributed by atoms with van der Waals surface area (Å²) in [6.45, 7) is 1.78. The van der Waals surface area contributed by atoms with Crippen molar-refractivity contribution in [3.05, 3.63) is 53.1 Å². The highest BCUT2D eigenvalue weighted by Crippen LogP contribution is 2.27. The van der Waals surface area contributed by atoms with Crippen molar-refractivity contribution in [2.45, 2.75) is 49.9 Å². The van der Waals surface area contributed by atoms with Crippen molar-refractivity contribution in [3.63, 3.8) is 0 Å². The molecule has 11 nitrogen and oxygen atoms in total. The molecule has 41 heavy (non-hydrogen) atoms. The van der Waals surface area contributed by atoms with Crippen LogP contribution in [0.2, 0.25) is 0 Å². The molecule has 1 fully saturated rings. The molecule has 0 radical (unpaired) electrons. The smallest absolute Gasteiger partial charge is 0.406 e. The third kappa shape index (κ3) is 8.04. The maximum absolute atomic E-state index is 13.6. The molecular weight excluding hydrogens is 585 g/mol. The molecule has 1 atom stereocenters. The Balaban J connectivity index is 1.52. The summed E-state index contributed by atoms with van der Waals surface area (Å²) in [5.41, 5.74) is 3.74. The molecule has 1 saturated heterocycles. The number of aromatic nitrogens is 2. The van der Waals surface area contributed by atoms with E-state index in [-0.39, 0.29) is 36.2 Å². The number of sulfonamides is 1. The van der Waals surface area contributed by atoms with Gasteiger partial charge in [0.05, 0.1) is 4.90 Å². The molecule has 0 saturated carbocycles. The van der Waals surface area contributed by atoms with Gasteiger partial charge in [-0.05, 0) is 43.5 Å². The van der Waals surface area contributed by atoms with Crippen molar-refractivity contribution in [2.75, 3.05) is 31.5 Å². The molecule has 0 bridgehead atoms. The zero-order valence-corrected chi connectivity index (χ0v) is 23.7. The number of hydrogen-bond acceptors (Lipinski definition) is 8. The van der Waals surface area contributed by atoms with Gasteiger partial charge in [0, 0.05) is 26.2 Å². The topological polar surface area (TPSA) is 134 Å². The Morgan fingerprint density at radius 1 is 1.12 bits per heavy atom. The Bertz CT molecular complexity index is 1400. The second-order valence-corrected chi connectivity index (χ2v) is 12.1. The number of amides is 3. The van der Waals surface area contributed by atoms with Gasteiger partial charge >= 0.3 is 12.4 Å². The van der Waals surface area contributed by atoms with Crippen LogP contribution in [0.5, 0.6) is 5.75 Å². The highest BCUT2D eigenvalue weighted by atomic mass is 32.2. The van der Waals surface area contributed by atoms with E-state index in [9.17, 15) is 31.2 Å². The predicted octanol–water partition coefficient (Wildman–Crippen LogP) is 3.91. The molecule has 0 spiro atoms. The molecule has 222 valence electrons. The minimum Gasteiger partial charge on any atom is -0.406 e. The average molecular weight is 615 g/mol. The first kappa shape index (κ1) is 30.5. The lowest BCUT2D eigenvalue weighted by Crippen LogP contribution is -2.62. The highest BCUT2D eigenvalue weighted by Gasteiger charge is 2.41. The number of benzene rings is 1. The molecule has 1 aliphatic carbocycles. The Labute approximate surface area is 239 Å². The number of nitrogens with one attached hydrogen (secondary N) is 2. The monoisotopic (exact) mass is 614 g/mol.